The molecule has 0 radical (unpaired) electrons. The first-order valence-electron chi connectivity index (χ1n) is 5.98. The summed E-state index contributed by atoms with van der Waals surface area (Å²) >= 11 is 0. The molecule has 4 nitrogen and oxygen atoms in total. The molecule has 0 aliphatic rings. The first kappa shape index (κ1) is 15.0. The van der Waals surface area contributed by atoms with Crippen molar-refractivity contribution >= 4 is 12.6 Å². The van der Waals surface area contributed by atoms with E-state index >= 15 is 0 Å². The van der Waals surface area contributed by atoms with Crippen molar-refractivity contribution in [1.82, 2.24) is 0 Å². The summed E-state index contributed by atoms with van der Waals surface area (Å²) in [5, 5.41) is 27.1. The van der Waals surface area contributed by atoms with E-state index in [9.17, 15) is 18.8 Å². The molecule has 2 aromatic carbocycles. The smallest absolute Gasteiger partial charge is 0.489 e. The van der Waals surface area contributed by atoms with Crippen molar-refractivity contribution in [1.29, 1.82) is 5.26 Å². The van der Waals surface area contributed by atoms with Gasteiger partial charge in [0, 0.05) is 11.5 Å². The van der Waals surface area contributed by atoms with E-state index in [1.165, 1.54) is 18.2 Å². The van der Waals surface area contributed by atoms with E-state index in [4.69, 9.17) is 10.00 Å². The Labute approximate surface area is 120 Å². The fraction of sp³-hybridized carbons (Fsp3) is 0.0714. The normalized spacial score (nSPS) is 10.0. The highest BCUT2D eigenvalue weighted by atomic mass is 19.1. The van der Waals surface area contributed by atoms with Gasteiger partial charge in [-0.1, -0.05) is 12.1 Å². The topological polar surface area (TPSA) is 73.5 Å². The minimum atomic E-state index is -1.80. The van der Waals surface area contributed by atoms with Crippen molar-refractivity contribution in [3.8, 4) is 11.8 Å². The Morgan fingerprint density at radius 2 is 1.90 bits per heavy atom. The molecule has 7 heteroatoms. The molecule has 106 valence electrons. The molecule has 0 saturated heterocycles. The van der Waals surface area contributed by atoms with Crippen molar-refractivity contribution in [2.75, 3.05) is 0 Å². The summed E-state index contributed by atoms with van der Waals surface area (Å²) in [7, 11) is -1.80. The first-order valence-corrected chi connectivity index (χ1v) is 5.98. The summed E-state index contributed by atoms with van der Waals surface area (Å²) in [6.45, 7) is -0.0713. The summed E-state index contributed by atoms with van der Waals surface area (Å²) in [6.07, 6.45) is 0. The van der Waals surface area contributed by atoms with Crippen LogP contribution in [0.25, 0.3) is 0 Å². The van der Waals surface area contributed by atoms with E-state index in [1.54, 1.807) is 6.07 Å². The molecule has 2 aromatic rings. The van der Waals surface area contributed by atoms with Crippen LogP contribution in [0.1, 0.15) is 11.1 Å². The van der Waals surface area contributed by atoms with E-state index < -0.39 is 18.8 Å². The summed E-state index contributed by atoms with van der Waals surface area (Å²) < 4.78 is 31.7. The monoisotopic (exact) mass is 289 g/mol. The van der Waals surface area contributed by atoms with Gasteiger partial charge in [-0.25, -0.2) is 8.78 Å². The number of rotatable bonds is 4. The van der Waals surface area contributed by atoms with Gasteiger partial charge in [0.15, 0.2) is 0 Å². The summed E-state index contributed by atoms with van der Waals surface area (Å²) in [6, 6.07) is 8.85. The molecule has 0 bridgehead atoms. The average molecular weight is 289 g/mol. The maximum absolute atomic E-state index is 13.2. The average Bonchev–Trinajstić information content (AvgIpc) is 2.46. The quantitative estimate of drug-likeness (QED) is 0.826. The summed E-state index contributed by atoms with van der Waals surface area (Å²) in [5.74, 6) is -1.27. The lowest BCUT2D eigenvalue weighted by Crippen LogP contribution is -2.31. The second-order valence-electron chi connectivity index (χ2n) is 4.27. The van der Waals surface area contributed by atoms with Gasteiger partial charge in [0.05, 0.1) is 5.56 Å². The zero-order valence-electron chi connectivity index (χ0n) is 10.8. The standard InChI is InChI=1S/C14H10BF2NO3/c16-11-2-3-12(15(19)20)14(6-11)21-8-9-1-4-13(17)10(5-9)7-18/h1-6,19-20H,8H2. The van der Waals surface area contributed by atoms with Crippen LogP contribution in [-0.2, 0) is 6.61 Å². The number of nitriles is 1. The molecule has 21 heavy (non-hydrogen) atoms. The van der Waals surface area contributed by atoms with Gasteiger partial charge in [-0.2, -0.15) is 5.26 Å². The second kappa shape index (κ2) is 6.35. The lowest BCUT2D eigenvalue weighted by Gasteiger charge is -2.11. The number of halogens is 2. The lowest BCUT2D eigenvalue weighted by atomic mass is 9.79. The highest BCUT2D eigenvalue weighted by molar-refractivity contribution is 6.59. The Kier molecular flexibility index (Phi) is 4.53. The minimum absolute atomic E-state index is 0.0130. The molecular weight excluding hydrogens is 279 g/mol. The Morgan fingerprint density at radius 3 is 2.57 bits per heavy atom. The van der Waals surface area contributed by atoms with Crippen LogP contribution in [0.5, 0.6) is 5.75 Å². The first-order chi connectivity index (χ1) is 10.0. The number of ether oxygens (including phenoxy) is 1. The van der Waals surface area contributed by atoms with Crippen molar-refractivity contribution in [2.24, 2.45) is 0 Å². The zero-order valence-corrected chi connectivity index (χ0v) is 10.8. The van der Waals surface area contributed by atoms with Gasteiger partial charge in [-0.3, -0.25) is 0 Å². The predicted molar refractivity (Wildman–Crippen MR) is 71.7 cm³/mol. The van der Waals surface area contributed by atoms with Crippen LogP contribution >= 0.6 is 0 Å². The zero-order chi connectivity index (χ0) is 15.4. The van der Waals surface area contributed by atoms with Crippen LogP contribution in [0.2, 0.25) is 0 Å². The van der Waals surface area contributed by atoms with Crippen LogP contribution in [0.4, 0.5) is 8.78 Å². The van der Waals surface area contributed by atoms with Crippen LogP contribution in [0.3, 0.4) is 0 Å². The SMILES string of the molecule is N#Cc1cc(COc2cc(F)ccc2B(O)O)ccc1F. The molecule has 0 heterocycles. The third-order valence-electron chi connectivity index (χ3n) is 2.80. The molecule has 0 spiro atoms. The molecule has 0 atom stereocenters. The third-order valence-corrected chi connectivity index (χ3v) is 2.80. The summed E-state index contributed by atoms with van der Waals surface area (Å²) in [4.78, 5) is 0. The van der Waals surface area contributed by atoms with Gasteiger partial charge in [0.2, 0.25) is 0 Å². The van der Waals surface area contributed by atoms with Crippen molar-refractivity contribution in [2.45, 2.75) is 6.61 Å². The molecule has 0 aliphatic carbocycles. The van der Waals surface area contributed by atoms with Gasteiger partial charge in [-0.05, 0) is 23.8 Å². The maximum Gasteiger partial charge on any atom is 0.492 e. The van der Waals surface area contributed by atoms with Crippen molar-refractivity contribution < 1.29 is 23.6 Å². The molecule has 0 saturated carbocycles. The van der Waals surface area contributed by atoms with E-state index in [-0.39, 0.29) is 23.4 Å². The van der Waals surface area contributed by atoms with Crippen molar-refractivity contribution in [3.63, 3.8) is 0 Å². The van der Waals surface area contributed by atoms with Crippen LogP contribution in [0, 0.1) is 23.0 Å². The summed E-state index contributed by atoms with van der Waals surface area (Å²) in [5.41, 5.74) is 0.382. The second-order valence-corrected chi connectivity index (χ2v) is 4.27. The van der Waals surface area contributed by atoms with Crippen LogP contribution in [0.15, 0.2) is 36.4 Å². The maximum atomic E-state index is 13.2. The molecule has 0 fully saturated rings. The largest absolute Gasteiger partial charge is 0.492 e. The van der Waals surface area contributed by atoms with E-state index in [1.807, 2.05) is 0 Å². The Bertz CT molecular complexity index is 701. The van der Waals surface area contributed by atoms with Gasteiger partial charge < -0.3 is 14.8 Å². The van der Waals surface area contributed by atoms with Gasteiger partial charge in [-0.15, -0.1) is 0 Å². The highest BCUT2D eigenvalue weighted by Gasteiger charge is 2.18. The number of hydrogen-bond acceptors (Lipinski definition) is 4. The number of hydrogen-bond donors (Lipinski definition) is 2. The number of nitrogens with zero attached hydrogens (tertiary/aromatic N) is 1. The third kappa shape index (κ3) is 3.57. The van der Waals surface area contributed by atoms with E-state index in [2.05, 4.69) is 0 Å². The molecular formula is C14H10BF2NO3. The minimum Gasteiger partial charge on any atom is -0.489 e. The van der Waals surface area contributed by atoms with Crippen LogP contribution < -0.4 is 10.2 Å². The Morgan fingerprint density at radius 1 is 1.14 bits per heavy atom. The van der Waals surface area contributed by atoms with Crippen molar-refractivity contribution in [3.05, 3.63) is 59.2 Å². The molecule has 0 aromatic heterocycles. The molecule has 0 amide bonds. The Hall–Kier alpha value is -2.43. The highest BCUT2D eigenvalue weighted by Crippen LogP contribution is 2.15. The van der Waals surface area contributed by atoms with Crippen LogP contribution in [-0.4, -0.2) is 17.2 Å². The lowest BCUT2D eigenvalue weighted by molar-refractivity contribution is 0.305. The predicted octanol–water partition coefficient (Wildman–Crippen LogP) is 1.10. The van der Waals surface area contributed by atoms with Gasteiger partial charge >= 0.3 is 7.12 Å². The molecule has 0 unspecified atom stereocenters. The number of benzene rings is 2. The fourth-order valence-corrected chi connectivity index (χ4v) is 1.76. The molecule has 0 aliphatic heterocycles. The van der Waals surface area contributed by atoms with E-state index in [0.717, 1.165) is 18.2 Å². The van der Waals surface area contributed by atoms with Gasteiger partial charge in [0.25, 0.3) is 0 Å². The fourth-order valence-electron chi connectivity index (χ4n) is 1.76. The Balaban J connectivity index is 2.20. The molecule has 2 rings (SSSR count). The van der Waals surface area contributed by atoms with Gasteiger partial charge in [0.1, 0.15) is 30.1 Å². The van der Waals surface area contributed by atoms with E-state index in [0.29, 0.717) is 5.56 Å². The molecule has 2 N–H and O–H groups in total.